The number of benzene rings is 2. The van der Waals surface area contributed by atoms with Crippen molar-refractivity contribution in [1.29, 1.82) is 0 Å². The molecule has 0 radical (unpaired) electrons. The molecule has 7 heteroatoms. The number of ether oxygens (including phenoxy) is 2. The van der Waals surface area contributed by atoms with Crippen LogP contribution in [0, 0.1) is 5.92 Å². The van der Waals surface area contributed by atoms with Gasteiger partial charge in [0.2, 0.25) is 10.3 Å². The average Bonchev–Trinajstić information content (AvgIpc) is 2.78. The molecule has 34 heavy (non-hydrogen) atoms. The van der Waals surface area contributed by atoms with Crippen LogP contribution in [0.4, 0.5) is 0 Å². The predicted octanol–water partition coefficient (Wildman–Crippen LogP) is 6.07. The van der Waals surface area contributed by atoms with E-state index in [1.165, 1.54) is 11.8 Å². The second-order valence-electron chi connectivity index (χ2n) is 9.27. The van der Waals surface area contributed by atoms with Crippen molar-refractivity contribution < 1.29 is 19.1 Å². The van der Waals surface area contributed by atoms with Crippen LogP contribution in [0.3, 0.4) is 0 Å². The first kappa shape index (κ1) is 28.1. The summed E-state index contributed by atoms with van der Waals surface area (Å²) in [4.78, 5) is 26.3. The first-order valence-corrected chi connectivity index (χ1v) is 13.3. The molecule has 1 N–H and O–H groups in total. The summed E-state index contributed by atoms with van der Waals surface area (Å²) in [5.41, 5.74) is 0.470. The number of carbonyl (C=O) groups is 2. The largest absolute Gasteiger partial charge is 0.479 e. The lowest BCUT2D eigenvalue weighted by atomic mass is 9.95. The summed E-state index contributed by atoms with van der Waals surface area (Å²) in [6.07, 6.45) is 2.82. The van der Waals surface area contributed by atoms with E-state index < -0.39 is 17.6 Å². The second-order valence-corrected chi connectivity index (χ2v) is 10.9. The lowest BCUT2D eigenvalue weighted by Crippen LogP contribution is -2.47. The number of unbranched alkanes of at least 4 members (excludes halogenated alkanes) is 1. The molecule has 186 valence electrons. The third-order valence-corrected chi connectivity index (χ3v) is 6.63. The zero-order valence-electron chi connectivity index (χ0n) is 20.9. The van der Waals surface area contributed by atoms with Gasteiger partial charge in [0, 0.05) is 5.75 Å². The highest BCUT2D eigenvalue weighted by Gasteiger charge is 2.29. The Morgan fingerprint density at radius 2 is 1.79 bits per heavy atom. The van der Waals surface area contributed by atoms with Crippen LogP contribution in [0.1, 0.15) is 59.4 Å². The molecule has 0 spiro atoms. The maximum absolute atomic E-state index is 13.5. The summed E-state index contributed by atoms with van der Waals surface area (Å²) < 4.78 is 11.4. The first-order valence-electron chi connectivity index (χ1n) is 11.9. The zero-order valence-corrected chi connectivity index (χ0v) is 22.5. The van der Waals surface area contributed by atoms with Gasteiger partial charge < -0.3 is 14.8 Å². The fraction of sp³-hybridized carbons (Fsp3) is 0.519. The number of hydrogen-bond acceptors (Lipinski definition) is 6. The van der Waals surface area contributed by atoms with Gasteiger partial charge in [-0.3, -0.25) is 4.79 Å². The Morgan fingerprint density at radius 1 is 1.09 bits per heavy atom. The van der Waals surface area contributed by atoms with Crippen molar-refractivity contribution in [3.63, 3.8) is 0 Å². The van der Waals surface area contributed by atoms with Crippen molar-refractivity contribution in [1.82, 2.24) is 5.32 Å². The molecule has 0 aliphatic heterocycles. The molecule has 0 aliphatic carbocycles. The summed E-state index contributed by atoms with van der Waals surface area (Å²) in [7, 11) is 0. The number of carbonyl (C=O) groups excluding carboxylic acids is 2. The van der Waals surface area contributed by atoms with Crippen molar-refractivity contribution in [3.05, 3.63) is 48.0 Å². The van der Waals surface area contributed by atoms with Crippen LogP contribution in [0.2, 0.25) is 0 Å². The van der Waals surface area contributed by atoms with E-state index in [9.17, 15) is 9.59 Å². The van der Waals surface area contributed by atoms with Crippen LogP contribution >= 0.6 is 24.0 Å². The lowest BCUT2D eigenvalue weighted by molar-refractivity contribution is -0.159. The molecule has 0 fully saturated rings. The van der Waals surface area contributed by atoms with E-state index >= 15 is 0 Å². The van der Waals surface area contributed by atoms with Gasteiger partial charge in [-0.05, 0) is 69.1 Å². The normalized spacial score (nSPS) is 13.2. The standard InChI is InChI=1S/C27H37NO4S2/c1-6-8-16-23(25(30)32-27(3,4)5)28-24(29)21(18-34-26(33)31-7-2)17-20-14-11-13-19-12-9-10-15-22(19)20/h9-15,21,23H,6-8,16-18H2,1-5H3,(H,28,29)/t21-,23+/m1/s1. The number of hydrogen-bond donors (Lipinski definition) is 1. The number of rotatable bonds is 11. The first-order chi connectivity index (χ1) is 16.1. The maximum atomic E-state index is 13.5. The van der Waals surface area contributed by atoms with Crippen LogP contribution in [0.5, 0.6) is 0 Å². The van der Waals surface area contributed by atoms with Gasteiger partial charge in [-0.2, -0.15) is 0 Å². The van der Waals surface area contributed by atoms with Crippen LogP contribution in [0.15, 0.2) is 42.5 Å². The van der Waals surface area contributed by atoms with Crippen LogP contribution in [-0.4, -0.2) is 40.3 Å². The molecule has 0 saturated carbocycles. The van der Waals surface area contributed by atoms with Gasteiger partial charge in [0.15, 0.2) is 0 Å². The van der Waals surface area contributed by atoms with Gasteiger partial charge in [0.05, 0.1) is 12.5 Å². The molecule has 0 saturated heterocycles. The number of nitrogens with one attached hydrogen (secondary N) is 1. The van der Waals surface area contributed by atoms with E-state index in [0.717, 1.165) is 29.2 Å². The summed E-state index contributed by atoms with van der Waals surface area (Å²) >= 11 is 6.64. The Balaban J connectivity index is 2.25. The Hall–Kier alpha value is -2.12. The number of fused-ring (bicyclic) bond motifs is 1. The molecule has 2 aromatic rings. The van der Waals surface area contributed by atoms with Gasteiger partial charge in [-0.1, -0.05) is 74.0 Å². The van der Waals surface area contributed by atoms with E-state index in [1.54, 1.807) is 0 Å². The summed E-state index contributed by atoms with van der Waals surface area (Å²) in [6, 6.07) is 13.6. The van der Waals surface area contributed by atoms with Gasteiger partial charge in [0.25, 0.3) is 0 Å². The summed E-state index contributed by atoms with van der Waals surface area (Å²) in [5.74, 6) is -0.494. The van der Waals surface area contributed by atoms with E-state index in [1.807, 2.05) is 45.9 Å². The smallest absolute Gasteiger partial charge is 0.329 e. The van der Waals surface area contributed by atoms with Crippen LogP contribution in [0.25, 0.3) is 10.8 Å². The Morgan fingerprint density at radius 3 is 2.47 bits per heavy atom. The van der Waals surface area contributed by atoms with E-state index in [2.05, 4.69) is 36.5 Å². The minimum atomic E-state index is -0.675. The van der Waals surface area contributed by atoms with Crippen LogP contribution < -0.4 is 5.32 Å². The number of thiocarbonyl (C=S) groups is 1. The SMILES string of the molecule is CCCC[C@H](NC(=O)[C@@H](CSC(=S)OCC)Cc1cccc2ccccc12)C(=O)OC(C)(C)C. The highest BCUT2D eigenvalue weighted by Crippen LogP contribution is 2.24. The third-order valence-electron chi connectivity index (χ3n) is 5.24. The topological polar surface area (TPSA) is 64.6 Å². The minimum Gasteiger partial charge on any atom is -0.479 e. The molecule has 0 bridgehead atoms. The third kappa shape index (κ3) is 9.26. The zero-order chi connectivity index (χ0) is 25.1. The van der Waals surface area contributed by atoms with Gasteiger partial charge >= 0.3 is 5.97 Å². The van der Waals surface area contributed by atoms with Crippen molar-refractivity contribution >= 4 is 51.0 Å². The van der Waals surface area contributed by atoms with Gasteiger partial charge in [0.1, 0.15) is 11.6 Å². The fourth-order valence-electron chi connectivity index (χ4n) is 3.61. The molecule has 1 amide bonds. The molecule has 5 nitrogen and oxygen atoms in total. The summed E-state index contributed by atoms with van der Waals surface area (Å²) in [5, 5.41) is 5.24. The second kappa shape index (κ2) is 13.7. The minimum absolute atomic E-state index is 0.174. The molecular formula is C27H37NO4S2. The molecule has 0 unspecified atom stereocenters. The van der Waals surface area contributed by atoms with Crippen LogP contribution in [-0.2, 0) is 25.5 Å². The summed E-state index contributed by atoms with van der Waals surface area (Å²) in [6.45, 7) is 9.92. The molecule has 2 rings (SSSR count). The van der Waals surface area contributed by atoms with Crippen molar-refractivity contribution in [2.24, 2.45) is 5.92 Å². The van der Waals surface area contributed by atoms with Crippen molar-refractivity contribution in [2.75, 3.05) is 12.4 Å². The molecule has 0 heterocycles. The highest BCUT2D eigenvalue weighted by atomic mass is 32.2. The number of esters is 1. The Kier molecular flexibility index (Phi) is 11.3. The van der Waals surface area contributed by atoms with Gasteiger partial charge in [-0.15, -0.1) is 0 Å². The Bertz CT molecular complexity index is 965. The molecule has 0 aliphatic rings. The molecular weight excluding hydrogens is 466 g/mol. The lowest BCUT2D eigenvalue weighted by Gasteiger charge is -2.26. The van der Waals surface area contributed by atoms with Gasteiger partial charge in [-0.25, -0.2) is 4.79 Å². The monoisotopic (exact) mass is 503 g/mol. The molecule has 2 aromatic carbocycles. The maximum Gasteiger partial charge on any atom is 0.329 e. The molecule has 2 atom stereocenters. The number of amides is 1. The van der Waals surface area contributed by atoms with Crippen molar-refractivity contribution in [3.8, 4) is 0 Å². The van der Waals surface area contributed by atoms with E-state index in [0.29, 0.717) is 29.6 Å². The quantitative estimate of drug-likeness (QED) is 0.297. The highest BCUT2D eigenvalue weighted by molar-refractivity contribution is 8.22. The van der Waals surface area contributed by atoms with E-state index in [4.69, 9.17) is 21.7 Å². The Labute approximate surface area is 213 Å². The van der Waals surface area contributed by atoms with E-state index in [-0.39, 0.29) is 11.8 Å². The average molecular weight is 504 g/mol. The fourth-order valence-corrected chi connectivity index (χ4v) is 4.74. The predicted molar refractivity (Wildman–Crippen MR) is 145 cm³/mol. The van der Waals surface area contributed by atoms with Crippen molar-refractivity contribution in [2.45, 2.75) is 71.9 Å². The molecule has 0 aromatic heterocycles. The number of thioether (sulfide) groups is 1.